The van der Waals surface area contributed by atoms with Crippen molar-refractivity contribution < 1.29 is 4.42 Å². The van der Waals surface area contributed by atoms with Gasteiger partial charge in [-0.1, -0.05) is 12.1 Å². The summed E-state index contributed by atoms with van der Waals surface area (Å²) in [4.78, 5) is 48.5. The maximum Gasteiger partial charge on any atom is 0.332 e. The topological polar surface area (TPSA) is 121 Å². The number of hydrogen-bond donors (Lipinski definition) is 1. The highest BCUT2D eigenvalue weighted by molar-refractivity contribution is 6.01. The molecule has 4 heterocycles. The number of imidazole rings is 1. The lowest BCUT2D eigenvalue weighted by atomic mass is 10.2. The van der Waals surface area contributed by atoms with Gasteiger partial charge in [0.2, 0.25) is 5.58 Å². The lowest BCUT2D eigenvalue weighted by Crippen LogP contribution is -2.37. The smallest absolute Gasteiger partial charge is 0.332 e. The van der Waals surface area contributed by atoms with Crippen molar-refractivity contribution in [2.75, 3.05) is 0 Å². The molecule has 5 rings (SSSR count). The number of furan rings is 1. The molecular weight excluding hydrogens is 364 g/mol. The Hall–Kier alpha value is -3.95. The minimum absolute atomic E-state index is 0.106. The van der Waals surface area contributed by atoms with Crippen LogP contribution >= 0.6 is 0 Å². The maximum atomic E-state index is 12.6. The van der Waals surface area contributed by atoms with E-state index in [0.717, 1.165) is 9.95 Å². The number of aromatic nitrogens is 6. The molecular formula is C18H14N6O4. The number of nitrogens with one attached hydrogen (secondary N) is 1. The fourth-order valence-electron chi connectivity index (χ4n) is 3.40. The number of benzene rings is 1. The summed E-state index contributed by atoms with van der Waals surface area (Å²) in [5.41, 5.74) is 0.381. The Morgan fingerprint density at radius 3 is 2.71 bits per heavy atom. The van der Waals surface area contributed by atoms with Gasteiger partial charge < -0.3 is 14.0 Å². The van der Waals surface area contributed by atoms with Gasteiger partial charge in [0, 0.05) is 19.5 Å². The van der Waals surface area contributed by atoms with Crippen LogP contribution < -0.4 is 16.8 Å². The molecule has 0 saturated heterocycles. The molecule has 140 valence electrons. The van der Waals surface area contributed by atoms with Gasteiger partial charge >= 0.3 is 5.69 Å². The molecule has 0 fully saturated rings. The fraction of sp³-hybridized carbons (Fsp3) is 0.167. The monoisotopic (exact) mass is 378 g/mol. The summed E-state index contributed by atoms with van der Waals surface area (Å²) in [6.45, 7) is 0.106. The van der Waals surface area contributed by atoms with Crippen molar-refractivity contribution in [2.24, 2.45) is 14.1 Å². The van der Waals surface area contributed by atoms with Crippen LogP contribution in [0.25, 0.3) is 33.2 Å². The second-order valence-corrected chi connectivity index (χ2v) is 6.54. The van der Waals surface area contributed by atoms with Crippen molar-refractivity contribution in [3.05, 3.63) is 67.6 Å². The van der Waals surface area contributed by atoms with Gasteiger partial charge in [-0.05, 0) is 12.1 Å². The zero-order valence-electron chi connectivity index (χ0n) is 15.0. The number of hydrogen-bond acceptors (Lipinski definition) is 6. The predicted octanol–water partition coefficient (Wildman–Crippen LogP) is 0.465. The van der Waals surface area contributed by atoms with Crippen LogP contribution in [0.5, 0.6) is 0 Å². The van der Waals surface area contributed by atoms with Crippen molar-refractivity contribution in [3.8, 4) is 0 Å². The van der Waals surface area contributed by atoms with Gasteiger partial charge in [-0.2, -0.15) is 0 Å². The Kier molecular flexibility index (Phi) is 3.20. The normalized spacial score (nSPS) is 11.8. The lowest BCUT2D eigenvalue weighted by Gasteiger charge is -2.06. The van der Waals surface area contributed by atoms with Crippen LogP contribution in [0.15, 0.2) is 49.4 Å². The SMILES string of the molecule is Cn1c(=O)c2c(ncn2Cc2nc3c(oc4ccccc43)c(=O)[nH]2)n(C)c1=O. The van der Waals surface area contributed by atoms with E-state index in [2.05, 4.69) is 15.0 Å². The summed E-state index contributed by atoms with van der Waals surface area (Å²) < 4.78 is 9.47. The second-order valence-electron chi connectivity index (χ2n) is 6.54. The first-order valence-electron chi connectivity index (χ1n) is 8.47. The van der Waals surface area contributed by atoms with Crippen LogP contribution in [-0.2, 0) is 20.6 Å². The number of aromatic amines is 1. The van der Waals surface area contributed by atoms with E-state index in [1.165, 1.54) is 17.9 Å². The van der Waals surface area contributed by atoms with Gasteiger partial charge in [-0.25, -0.2) is 14.8 Å². The van der Waals surface area contributed by atoms with Gasteiger partial charge in [-0.3, -0.25) is 18.7 Å². The third kappa shape index (κ3) is 2.11. The minimum atomic E-state index is -0.465. The van der Waals surface area contributed by atoms with Crippen LogP contribution in [0, 0.1) is 0 Å². The molecule has 0 amide bonds. The lowest BCUT2D eigenvalue weighted by molar-refractivity contribution is 0.656. The second kappa shape index (κ2) is 5.52. The number of H-pyrrole nitrogens is 1. The van der Waals surface area contributed by atoms with Gasteiger partial charge in [0.05, 0.1) is 12.9 Å². The number of rotatable bonds is 2. The molecule has 0 aliphatic carbocycles. The van der Waals surface area contributed by atoms with Gasteiger partial charge in [-0.15, -0.1) is 0 Å². The molecule has 0 atom stereocenters. The van der Waals surface area contributed by atoms with Crippen molar-refractivity contribution in [1.82, 2.24) is 28.7 Å². The molecule has 28 heavy (non-hydrogen) atoms. The summed E-state index contributed by atoms with van der Waals surface area (Å²) in [6, 6.07) is 7.25. The Labute approximate surface area is 155 Å². The summed E-state index contributed by atoms with van der Waals surface area (Å²) in [7, 11) is 2.95. The number of para-hydroxylation sites is 1. The largest absolute Gasteiger partial charge is 0.449 e. The van der Waals surface area contributed by atoms with Crippen LogP contribution in [0.4, 0.5) is 0 Å². The van der Waals surface area contributed by atoms with E-state index in [-0.39, 0.29) is 23.3 Å². The van der Waals surface area contributed by atoms with Gasteiger partial charge in [0.1, 0.15) is 16.9 Å². The summed E-state index contributed by atoms with van der Waals surface area (Å²) in [6.07, 6.45) is 1.45. The van der Waals surface area contributed by atoms with E-state index in [1.54, 1.807) is 17.7 Å². The quantitative estimate of drug-likeness (QED) is 0.477. The molecule has 1 N–H and O–H groups in total. The molecule has 0 bridgehead atoms. The summed E-state index contributed by atoms with van der Waals surface area (Å²) >= 11 is 0. The van der Waals surface area contributed by atoms with Crippen molar-refractivity contribution in [1.29, 1.82) is 0 Å². The van der Waals surface area contributed by atoms with E-state index in [9.17, 15) is 14.4 Å². The number of aryl methyl sites for hydroxylation is 1. The highest BCUT2D eigenvalue weighted by Gasteiger charge is 2.17. The van der Waals surface area contributed by atoms with E-state index < -0.39 is 16.8 Å². The summed E-state index contributed by atoms with van der Waals surface area (Å²) in [5, 5.41) is 0.735. The average Bonchev–Trinajstić information content (AvgIpc) is 3.27. The third-order valence-electron chi connectivity index (χ3n) is 4.82. The molecule has 10 heteroatoms. The average molecular weight is 378 g/mol. The Bertz CT molecular complexity index is 1580. The number of nitrogens with zero attached hydrogens (tertiary/aromatic N) is 5. The molecule has 5 aromatic rings. The zero-order valence-corrected chi connectivity index (χ0v) is 15.0. The molecule has 0 unspecified atom stereocenters. The van der Waals surface area contributed by atoms with E-state index >= 15 is 0 Å². The first-order valence-corrected chi connectivity index (χ1v) is 8.47. The molecule has 0 spiro atoms. The highest BCUT2D eigenvalue weighted by Crippen LogP contribution is 2.24. The van der Waals surface area contributed by atoms with Crippen molar-refractivity contribution >= 4 is 33.2 Å². The Balaban J connectivity index is 1.73. The molecule has 4 aromatic heterocycles. The van der Waals surface area contributed by atoms with Crippen LogP contribution in [0.1, 0.15) is 5.82 Å². The van der Waals surface area contributed by atoms with E-state index in [4.69, 9.17) is 4.42 Å². The van der Waals surface area contributed by atoms with Crippen LogP contribution in [-0.4, -0.2) is 28.7 Å². The zero-order chi connectivity index (χ0) is 19.6. The summed E-state index contributed by atoms with van der Waals surface area (Å²) in [5.74, 6) is 0.347. The van der Waals surface area contributed by atoms with Crippen molar-refractivity contribution in [3.63, 3.8) is 0 Å². The first kappa shape index (κ1) is 16.2. The molecule has 0 saturated carbocycles. The standard InChI is InChI=1S/C18H14N6O4/c1-22-15-13(17(26)23(2)18(22)27)24(8-19-15)7-11-20-12-9-5-3-4-6-10(9)28-14(12)16(25)21-11/h3-6,8H,7H2,1-2H3,(H,20,21,25). The number of fused-ring (bicyclic) bond motifs is 4. The maximum absolute atomic E-state index is 12.6. The fourth-order valence-corrected chi connectivity index (χ4v) is 3.40. The molecule has 0 aliphatic rings. The molecule has 1 aromatic carbocycles. The van der Waals surface area contributed by atoms with E-state index in [0.29, 0.717) is 16.9 Å². The van der Waals surface area contributed by atoms with Gasteiger partial charge in [0.25, 0.3) is 11.1 Å². The molecule has 0 aliphatic heterocycles. The highest BCUT2D eigenvalue weighted by atomic mass is 16.3. The minimum Gasteiger partial charge on any atom is -0.449 e. The third-order valence-corrected chi connectivity index (χ3v) is 4.82. The Morgan fingerprint density at radius 1 is 1.11 bits per heavy atom. The predicted molar refractivity (Wildman–Crippen MR) is 101 cm³/mol. The van der Waals surface area contributed by atoms with Crippen molar-refractivity contribution in [2.45, 2.75) is 6.54 Å². The van der Waals surface area contributed by atoms with Crippen LogP contribution in [0.3, 0.4) is 0 Å². The Morgan fingerprint density at radius 2 is 1.89 bits per heavy atom. The molecule has 10 nitrogen and oxygen atoms in total. The molecule has 0 radical (unpaired) electrons. The first-order chi connectivity index (χ1) is 13.5. The van der Waals surface area contributed by atoms with Gasteiger partial charge in [0.15, 0.2) is 11.2 Å². The van der Waals surface area contributed by atoms with E-state index in [1.807, 2.05) is 18.2 Å². The van der Waals surface area contributed by atoms with Crippen LogP contribution in [0.2, 0.25) is 0 Å².